The molecule has 118 valence electrons. The normalized spacial score (nSPS) is 10.8. The van der Waals surface area contributed by atoms with Crippen LogP contribution in [-0.2, 0) is 17.8 Å². The van der Waals surface area contributed by atoms with Crippen molar-refractivity contribution in [1.29, 1.82) is 0 Å². The molecule has 0 atom stereocenters. The molecule has 0 aliphatic rings. The van der Waals surface area contributed by atoms with Gasteiger partial charge in [-0.25, -0.2) is 4.79 Å². The summed E-state index contributed by atoms with van der Waals surface area (Å²) in [5.41, 5.74) is 2.30. The van der Waals surface area contributed by atoms with Crippen molar-refractivity contribution >= 4 is 17.1 Å². The number of hydrogen-bond donors (Lipinski definition) is 0. The maximum absolute atomic E-state index is 12.0. The Morgan fingerprint density at radius 1 is 1.17 bits per heavy atom. The minimum atomic E-state index is -0.466. The Morgan fingerprint density at radius 3 is 2.83 bits per heavy atom. The van der Waals surface area contributed by atoms with E-state index in [1.54, 1.807) is 24.3 Å². The van der Waals surface area contributed by atoms with Crippen LogP contribution in [0.15, 0.2) is 57.7 Å². The van der Waals surface area contributed by atoms with Crippen LogP contribution in [0.4, 0.5) is 0 Å². The van der Waals surface area contributed by atoms with Gasteiger partial charge in [-0.15, -0.1) is 0 Å². The molecule has 3 rings (SSSR count). The number of nitrogens with zero attached hydrogens (tertiary/aromatic N) is 1. The molecular formula is C18H17NO4. The Kier molecular flexibility index (Phi) is 4.28. The molecule has 0 amide bonds. The summed E-state index contributed by atoms with van der Waals surface area (Å²) in [5.74, 6) is -0.318. The van der Waals surface area contributed by atoms with Gasteiger partial charge in [0.2, 0.25) is 0 Å². The molecule has 0 unspecified atom stereocenters. The number of oxazole rings is 1. The molecule has 0 radical (unpaired) electrons. The van der Waals surface area contributed by atoms with Gasteiger partial charge in [0.15, 0.2) is 5.58 Å². The molecule has 0 spiro atoms. The number of ether oxygens (including phenoxy) is 1. The van der Waals surface area contributed by atoms with Crippen LogP contribution in [0.5, 0.6) is 5.75 Å². The fourth-order valence-electron chi connectivity index (χ4n) is 2.44. The zero-order valence-electron chi connectivity index (χ0n) is 12.8. The third-order valence-electron chi connectivity index (χ3n) is 3.65. The minimum Gasteiger partial charge on any atom is -0.426 e. The summed E-state index contributed by atoms with van der Waals surface area (Å²) in [6.07, 6.45) is 0.974. The Labute approximate surface area is 133 Å². The third-order valence-corrected chi connectivity index (χ3v) is 3.65. The Morgan fingerprint density at radius 2 is 2.00 bits per heavy atom. The van der Waals surface area contributed by atoms with E-state index < -0.39 is 5.76 Å². The SMILES string of the molecule is CCc1cccc(OC(=O)CCn2c(=O)oc3ccccc32)c1. The molecule has 0 saturated carbocycles. The summed E-state index contributed by atoms with van der Waals surface area (Å²) in [4.78, 5) is 23.8. The molecule has 5 nitrogen and oxygen atoms in total. The van der Waals surface area contributed by atoms with Crippen molar-refractivity contribution in [2.24, 2.45) is 0 Å². The molecule has 0 aliphatic heterocycles. The van der Waals surface area contributed by atoms with Crippen molar-refractivity contribution in [3.05, 3.63) is 64.6 Å². The first-order valence-corrected chi connectivity index (χ1v) is 7.55. The molecule has 0 bridgehead atoms. The Hall–Kier alpha value is -2.82. The first kappa shape index (κ1) is 15.1. The third kappa shape index (κ3) is 3.34. The molecule has 23 heavy (non-hydrogen) atoms. The second-order valence-corrected chi connectivity index (χ2v) is 5.21. The summed E-state index contributed by atoms with van der Waals surface area (Å²) in [5, 5.41) is 0. The maximum Gasteiger partial charge on any atom is 0.419 e. The lowest BCUT2D eigenvalue weighted by Crippen LogP contribution is -2.18. The maximum atomic E-state index is 12.0. The van der Waals surface area contributed by atoms with Crippen LogP contribution in [0.3, 0.4) is 0 Å². The Balaban J connectivity index is 1.68. The largest absolute Gasteiger partial charge is 0.426 e. The number of fused-ring (bicyclic) bond motifs is 1. The highest BCUT2D eigenvalue weighted by molar-refractivity contribution is 5.74. The highest BCUT2D eigenvalue weighted by atomic mass is 16.5. The van der Waals surface area contributed by atoms with Crippen LogP contribution in [0.2, 0.25) is 0 Å². The first-order valence-electron chi connectivity index (χ1n) is 7.55. The quantitative estimate of drug-likeness (QED) is 0.536. The minimum absolute atomic E-state index is 0.0970. The van der Waals surface area contributed by atoms with Crippen molar-refractivity contribution < 1.29 is 13.9 Å². The second kappa shape index (κ2) is 6.52. The number of esters is 1. The lowest BCUT2D eigenvalue weighted by molar-refractivity contribution is -0.134. The van der Waals surface area contributed by atoms with Crippen molar-refractivity contribution in [3.63, 3.8) is 0 Å². The predicted octanol–water partition coefficient (Wildman–Crippen LogP) is 3.15. The van der Waals surface area contributed by atoms with Crippen molar-refractivity contribution in [1.82, 2.24) is 4.57 Å². The van der Waals surface area contributed by atoms with E-state index in [1.807, 2.05) is 31.2 Å². The lowest BCUT2D eigenvalue weighted by Gasteiger charge is -2.06. The number of rotatable bonds is 5. The molecule has 0 aliphatic carbocycles. The predicted molar refractivity (Wildman–Crippen MR) is 86.5 cm³/mol. The molecule has 5 heteroatoms. The van der Waals surface area contributed by atoms with E-state index in [4.69, 9.17) is 9.15 Å². The van der Waals surface area contributed by atoms with E-state index >= 15 is 0 Å². The number of aromatic nitrogens is 1. The summed E-state index contributed by atoms with van der Waals surface area (Å²) in [7, 11) is 0. The fourth-order valence-corrected chi connectivity index (χ4v) is 2.44. The zero-order chi connectivity index (χ0) is 16.2. The van der Waals surface area contributed by atoms with E-state index in [0.717, 1.165) is 12.0 Å². The van der Waals surface area contributed by atoms with Gasteiger partial charge >= 0.3 is 11.7 Å². The van der Waals surface area contributed by atoms with Crippen LogP contribution in [0, 0.1) is 0 Å². The van der Waals surface area contributed by atoms with Gasteiger partial charge in [-0.1, -0.05) is 31.2 Å². The van der Waals surface area contributed by atoms with Gasteiger partial charge in [-0.2, -0.15) is 0 Å². The molecule has 0 fully saturated rings. The summed E-state index contributed by atoms with van der Waals surface area (Å²) in [6, 6.07) is 14.6. The van der Waals surface area contributed by atoms with Crippen LogP contribution in [0.25, 0.3) is 11.1 Å². The van der Waals surface area contributed by atoms with Gasteiger partial charge in [0, 0.05) is 6.54 Å². The van der Waals surface area contributed by atoms with E-state index in [2.05, 4.69) is 0 Å². The van der Waals surface area contributed by atoms with Gasteiger partial charge in [0.05, 0.1) is 11.9 Å². The molecule has 2 aromatic carbocycles. The topological polar surface area (TPSA) is 61.4 Å². The van der Waals surface area contributed by atoms with Crippen molar-refractivity contribution in [2.75, 3.05) is 0 Å². The smallest absolute Gasteiger partial charge is 0.419 e. The number of aryl methyl sites for hydroxylation is 2. The van der Waals surface area contributed by atoms with E-state index in [9.17, 15) is 9.59 Å². The molecule has 0 saturated heterocycles. The number of para-hydroxylation sites is 2. The van der Waals surface area contributed by atoms with Crippen molar-refractivity contribution in [2.45, 2.75) is 26.3 Å². The first-order chi connectivity index (χ1) is 11.2. The Bertz CT molecular complexity index is 891. The average Bonchev–Trinajstić information content (AvgIpc) is 2.88. The van der Waals surface area contributed by atoms with Gasteiger partial charge in [-0.3, -0.25) is 9.36 Å². The van der Waals surface area contributed by atoms with Crippen molar-refractivity contribution in [3.8, 4) is 5.75 Å². The van der Waals surface area contributed by atoms with Gasteiger partial charge in [0.25, 0.3) is 0 Å². The van der Waals surface area contributed by atoms with E-state index in [0.29, 0.717) is 16.8 Å². The van der Waals surface area contributed by atoms with E-state index in [-0.39, 0.29) is 18.9 Å². The van der Waals surface area contributed by atoms with Gasteiger partial charge < -0.3 is 9.15 Å². The zero-order valence-corrected chi connectivity index (χ0v) is 12.8. The fraction of sp³-hybridized carbons (Fsp3) is 0.222. The highest BCUT2D eigenvalue weighted by Gasteiger charge is 2.11. The highest BCUT2D eigenvalue weighted by Crippen LogP contribution is 2.15. The number of benzene rings is 2. The van der Waals surface area contributed by atoms with Crippen LogP contribution in [0.1, 0.15) is 18.9 Å². The van der Waals surface area contributed by atoms with Crippen LogP contribution >= 0.6 is 0 Å². The molecule has 1 aromatic heterocycles. The molecule has 0 N–H and O–H groups in total. The number of hydrogen-bond acceptors (Lipinski definition) is 4. The average molecular weight is 311 g/mol. The number of carbonyl (C=O) groups excluding carboxylic acids is 1. The summed E-state index contributed by atoms with van der Waals surface area (Å²) >= 11 is 0. The van der Waals surface area contributed by atoms with Gasteiger partial charge in [0.1, 0.15) is 5.75 Å². The summed E-state index contributed by atoms with van der Waals surface area (Å²) < 4.78 is 11.9. The monoisotopic (exact) mass is 311 g/mol. The van der Waals surface area contributed by atoms with Crippen LogP contribution < -0.4 is 10.5 Å². The lowest BCUT2D eigenvalue weighted by atomic mass is 10.2. The standard InChI is InChI=1S/C18H17NO4/c1-2-13-6-5-7-14(12-13)22-17(20)10-11-19-15-8-3-4-9-16(15)23-18(19)21/h3-9,12H,2,10-11H2,1H3. The van der Waals surface area contributed by atoms with Crippen LogP contribution in [-0.4, -0.2) is 10.5 Å². The molecule has 3 aromatic rings. The molecule has 1 heterocycles. The summed E-state index contributed by atoms with van der Waals surface area (Å²) in [6.45, 7) is 2.26. The molecular weight excluding hydrogens is 294 g/mol. The van der Waals surface area contributed by atoms with E-state index in [1.165, 1.54) is 4.57 Å². The number of carbonyl (C=O) groups is 1. The van der Waals surface area contributed by atoms with Gasteiger partial charge in [-0.05, 0) is 36.2 Å². The second-order valence-electron chi connectivity index (χ2n) is 5.21.